The van der Waals surface area contributed by atoms with Crippen LogP contribution in [0.15, 0.2) is 48.1 Å². The molecule has 2 nitrogen and oxygen atoms in total. The minimum Gasteiger partial charge on any atom is -0.264 e. The second-order valence-electron chi connectivity index (χ2n) is 3.70. The molecule has 0 amide bonds. The van der Waals surface area contributed by atoms with Crippen LogP contribution < -0.4 is 0 Å². The van der Waals surface area contributed by atoms with Crippen LogP contribution in [-0.2, 0) is 0 Å². The molecule has 0 saturated carbocycles. The van der Waals surface area contributed by atoms with Gasteiger partial charge >= 0.3 is 0 Å². The van der Waals surface area contributed by atoms with Crippen LogP contribution in [-0.4, -0.2) is 9.97 Å². The van der Waals surface area contributed by atoms with Gasteiger partial charge in [-0.3, -0.25) is 4.98 Å². The summed E-state index contributed by atoms with van der Waals surface area (Å²) in [7, 11) is 0. The Bertz CT molecular complexity index is 647. The summed E-state index contributed by atoms with van der Waals surface area (Å²) in [5.41, 5.74) is 2.93. The highest BCUT2D eigenvalue weighted by molar-refractivity contribution is 7.13. The van der Waals surface area contributed by atoms with Gasteiger partial charge in [-0.2, -0.15) is 0 Å². The molecule has 3 aromatic rings. The zero-order valence-electron chi connectivity index (χ0n) is 9.30. The molecular weight excluding hydrogens is 264 g/mol. The van der Waals surface area contributed by atoms with Gasteiger partial charge in [-0.25, -0.2) is 4.98 Å². The van der Waals surface area contributed by atoms with Crippen molar-refractivity contribution in [3.8, 4) is 21.8 Å². The number of rotatable bonds is 2. The Hall–Kier alpha value is -1.71. The Kier molecular flexibility index (Phi) is 3.09. The van der Waals surface area contributed by atoms with E-state index in [2.05, 4.69) is 16.0 Å². The quantitative estimate of drug-likeness (QED) is 0.693. The minimum atomic E-state index is 0.731. The van der Waals surface area contributed by atoms with Crippen molar-refractivity contribution in [1.82, 2.24) is 9.97 Å². The summed E-state index contributed by atoms with van der Waals surface area (Å²) in [5.74, 6) is 0. The summed E-state index contributed by atoms with van der Waals surface area (Å²) in [6.45, 7) is 0. The first-order valence-corrected chi connectivity index (χ1v) is 6.62. The van der Waals surface area contributed by atoms with Crippen molar-refractivity contribution in [3.63, 3.8) is 0 Å². The summed E-state index contributed by atoms with van der Waals surface area (Å²) in [4.78, 5) is 8.66. The predicted octanol–water partition coefficient (Wildman–Crippen LogP) is 4.33. The summed E-state index contributed by atoms with van der Waals surface area (Å²) in [6.07, 6.45) is 3.47. The zero-order chi connectivity index (χ0) is 12.4. The van der Waals surface area contributed by atoms with Crippen molar-refractivity contribution < 1.29 is 0 Å². The molecule has 0 spiro atoms. The van der Waals surface area contributed by atoms with Gasteiger partial charge in [0.05, 0.1) is 5.69 Å². The number of benzene rings is 1. The molecule has 0 unspecified atom stereocenters. The molecule has 0 aliphatic rings. The Morgan fingerprint density at radius 3 is 2.72 bits per heavy atom. The lowest BCUT2D eigenvalue weighted by Gasteiger charge is -1.96. The van der Waals surface area contributed by atoms with E-state index in [0.717, 1.165) is 26.9 Å². The van der Waals surface area contributed by atoms with E-state index in [4.69, 9.17) is 11.6 Å². The average Bonchev–Trinajstić information content (AvgIpc) is 2.90. The van der Waals surface area contributed by atoms with Crippen LogP contribution in [0.1, 0.15) is 0 Å². The third-order valence-electron chi connectivity index (χ3n) is 2.48. The highest BCUT2D eigenvalue weighted by Gasteiger charge is 2.06. The monoisotopic (exact) mass is 271 g/mol. The fourth-order valence-electron chi connectivity index (χ4n) is 1.59. The second-order valence-corrected chi connectivity index (χ2v) is 4.99. The Labute approximate surface area is 114 Å². The number of halogens is 1. The first-order valence-electron chi connectivity index (χ1n) is 5.36. The highest BCUT2D eigenvalue weighted by Crippen LogP contribution is 2.28. The van der Waals surface area contributed by atoms with Gasteiger partial charge in [-0.15, -0.1) is 11.3 Å². The normalized spacial score (nSPS) is 10.5. The minimum absolute atomic E-state index is 0.731. The first-order chi connectivity index (χ1) is 8.83. The molecule has 0 bridgehead atoms. The van der Waals surface area contributed by atoms with Gasteiger partial charge in [0.25, 0.3) is 0 Å². The molecule has 0 aliphatic carbocycles. The third kappa shape index (κ3) is 2.28. The molecule has 3 rings (SSSR count). The molecule has 87 valence electrons. The summed E-state index contributed by atoms with van der Waals surface area (Å²) < 4.78 is 0. The van der Waals surface area contributed by atoms with Gasteiger partial charge in [0.2, 0.25) is 0 Å². The maximum absolute atomic E-state index is 5.87. The Morgan fingerprint density at radius 1 is 1.17 bits per heavy atom. The molecule has 4 heteroatoms. The maximum Gasteiger partial charge on any atom is 0.126 e. The van der Waals surface area contributed by atoms with Crippen LogP contribution in [0.25, 0.3) is 21.8 Å². The van der Waals surface area contributed by atoms with Crippen LogP contribution in [0, 0.1) is 6.07 Å². The van der Waals surface area contributed by atoms with Gasteiger partial charge in [0.1, 0.15) is 5.01 Å². The summed E-state index contributed by atoms with van der Waals surface area (Å²) >= 11 is 7.46. The fraction of sp³-hybridized carbons (Fsp3) is 0. The first kappa shape index (κ1) is 11.4. The van der Waals surface area contributed by atoms with Crippen molar-refractivity contribution in [2.24, 2.45) is 0 Å². The van der Waals surface area contributed by atoms with Gasteiger partial charge < -0.3 is 0 Å². The fourth-order valence-corrected chi connectivity index (χ4v) is 2.52. The molecule has 0 atom stereocenters. The summed E-state index contributed by atoms with van der Waals surface area (Å²) in [5, 5.41) is 3.68. The largest absolute Gasteiger partial charge is 0.264 e. The van der Waals surface area contributed by atoms with E-state index in [9.17, 15) is 0 Å². The summed E-state index contributed by atoms with van der Waals surface area (Å²) in [6, 6.07) is 12.6. The number of nitrogens with zero attached hydrogens (tertiary/aromatic N) is 2. The van der Waals surface area contributed by atoms with E-state index >= 15 is 0 Å². The smallest absolute Gasteiger partial charge is 0.126 e. The lowest BCUT2D eigenvalue weighted by atomic mass is 10.2. The number of hydrogen-bond donors (Lipinski definition) is 0. The van der Waals surface area contributed by atoms with Gasteiger partial charge in [-0.05, 0) is 24.3 Å². The SMILES string of the molecule is Clc1ccc(-c2csc(-c3[c]ccnc3)n2)cc1. The number of aromatic nitrogens is 2. The Morgan fingerprint density at radius 2 is 2.00 bits per heavy atom. The van der Waals surface area contributed by atoms with E-state index in [0.29, 0.717) is 0 Å². The molecule has 2 heterocycles. The van der Waals surface area contributed by atoms with Crippen molar-refractivity contribution in [2.45, 2.75) is 0 Å². The highest BCUT2D eigenvalue weighted by atomic mass is 35.5. The lowest BCUT2D eigenvalue weighted by Crippen LogP contribution is -1.80. The van der Waals surface area contributed by atoms with E-state index in [1.807, 2.05) is 29.6 Å². The lowest BCUT2D eigenvalue weighted by molar-refractivity contribution is 1.31. The number of thiazole rings is 1. The van der Waals surface area contributed by atoms with Crippen molar-refractivity contribution in [1.29, 1.82) is 0 Å². The van der Waals surface area contributed by atoms with E-state index in [1.54, 1.807) is 29.8 Å². The maximum atomic E-state index is 5.87. The van der Waals surface area contributed by atoms with Crippen LogP contribution in [0.5, 0.6) is 0 Å². The molecule has 0 saturated heterocycles. The standard InChI is InChI=1S/C14H8ClN2S/c15-12-5-3-10(4-6-12)13-9-18-14(17-13)11-2-1-7-16-8-11/h1,3-9H. The van der Waals surface area contributed by atoms with Crippen molar-refractivity contribution in [3.05, 3.63) is 59.2 Å². The number of pyridine rings is 1. The topological polar surface area (TPSA) is 25.8 Å². The molecule has 0 fully saturated rings. The van der Waals surface area contributed by atoms with Crippen LogP contribution >= 0.6 is 22.9 Å². The molecule has 1 aromatic carbocycles. The van der Waals surface area contributed by atoms with E-state index in [-0.39, 0.29) is 0 Å². The van der Waals surface area contributed by atoms with E-state index in [1.165, 1.54) is 0 Å². The van der Waals surface area contributed by atoms with Gasteiger partial charge in [-0.1, -0.05) is 23.7 Å². The van der Waals surface area contributed by atoms with Gasteiger partial charge in [0.15, 0.2) is 0 Å². The van der Waals surface area contributed by atoms with E-state index < -0.39 is 0 Å². The van der Waals surface area contributed by atoms with Crippen molar-refractivity contribution >= 4 is 22.9 Å². The van der Waals surface area contributed by atoms with Crippen LogP contribution in [0.4, 0.5) is 0 Å². The molecule has 0 N–H and O–H groups in total. The molecule has 18 heavy (non-hydrogen) atoms. The molecule has 0 aliphatic heterocycles. The van der Waals surface area contributed by atoms with Crippen molar-refractivity contribution in [2.75, 3.05) is 0 Å². The third-order valence-corrected chi connectivity index (χ3v) is 3.61. The average molecular weight is 272 g/mol. The van der Waals surface area contributed by atoms with Crippen LogP contribution in [0.3, 0.4) is 0 Å². The molecular formula is C14H8ClN2S. The Balaban J connectivity index is 1.97. The molecule has 1 radical (unpaired) electrons. The molecule has 2 aromatic heterocycles. The number of hydrogen-bond acceptors (Lipinski definition) is 3. The second kappa shape index (κ2) is 4.88. The van der Waals surface area contributed by atoms with Crippen LogP contribution in [0.2, 0.25) is 5.02 Å². The predicted molar refractivity (Wildman–Crippen MR) is 74.6 cm³/mol. The van der Waals surface area contributed by atoms with Gasteiger partial charge in [0, 0.05) is 33.9 Å². The zero-order valence-corrected chi connectivity index (χ0v) is 10.9.